The molecule has 0 aliphatic carbocycles. The quantitative estimate of drug-likeness (QED) is 0.511. The fourth-order valence-electron chi connectivity index (χ4n) is 1.49. The summed E-state index contributed by atoms with van der Waals surface area (Å²) in [5.41, 5.74) is 0. The number of hydrogen-bond acceptors (Lipinski definition) is 4. The first kappa shape index (κ1) is 14.6. The second kappa shape index (κ2) is 7.75. The van der Waals surface area contributed by atoms with Gasteiger partial charge < -0.3 is 15.0 Å². The summed E-state index contributed by atoms with van der Waals surface area (Å²) in [6, 6.07) is -0.805. The van der Waals surface area contributed by atoms with E-state index in [4.69, 9.17) is 5.11 Å². The first-order valence-corrected chi connectivity index (χ1v) is 6.84. The van der Waals surface area contributed by atoms with Gasteiger partial charge in [-0.3, -0.25) is 4.79 Å². The number of hydrogen-bond donors (Lipinski definition) is 2. The van der Waals surface area contributed by atoms with Gasteiger partial charge in [-0.1, -0.05) is 0 Å². The van der Waals surface area contributed by atoms with E-state index in [9.17, 15) is 9.59 Å². The van der Waals surface area contributed by atoms with E-state index in [1.165, 1.54) is 0 Å². The Kier molecular flexibility index (Phi) is 6.27. The minimum atomic E-state index is -1.00. The highest BCUT2D eigenvalue weighted by molar-refractivity contribution is 7.98. The number of imidazole rings is 1. The van der Waals surface area contributed by atoms with Crippen LogP contribution in [0.1, 0.15) is 19.2 Å². The predicted octanol–water partition coefficient (Wildman–Crippen LogP) is 0.725. The van der Waals surface area contributed by atoms with Gasteiger partial charge in [0.05, 0.1) is 5.75 Å². The van der Waals surface area contributed by atoms with Gasteiger partial charge in [0, 0.05) is 18.9 Å². The van der Waals surface area contributed by atoms with E-state index in [1.807, 2.05) is 17.7 Å². The topological polar surface area (TPSA) is 84.2 Å². The molecule has 0 bridgehead atoms. The molecule has 0 aromatic carbocycles. The fraction of sp³-hybridized carbons (Fsp3) is 0.545. The molecule has 0 spiro atoms. The van der Waals surface area contributed by atoms with Crippen LogP contribution >= 0.6 is 11.8 Å². The maximum Gasteiger partial charge on any atom is 0.326 e. The zero-order chi connectivity index (χ0) is 13.4. The van der Waals surface area contributed by atoms with Crippen LogP contribution in [0.15, 0.2) is 12.4 Å². The zero-order valence-electron chi connectivity index (χ0n) is 10.2. The lowest BCUT2D eigenvalue weighted by Gasteiger charge is -2.10. The summed E-state index contributed by atoms with van der Waals surface area (Å²) < 4.78 is 2.05. The number of aliphatic carboxylic acids is 1. The van der Waals surface area contributed by atoms with E-state index >= 15 is 0 Å². The number of carbonyl (C=O) groups is 2. The normalized spacial score (nSPS) is 12.1. The number of thioether (sulfide) groups is 1. The van der Waals surface area contributed by atoms with E-state index in [0.717, 1.165) is 18.1 Å². The lowest BCUT2D eigenvalue weighted by Crippen LogP contribution is -2.36. The molecule has 7 heteroatoms. The van der Waals surface area contributed by atoms with Crippen LogP contribution in [0.5, 0.6) is 0 Å². The number of nitrogens with zero attached hydrogens (tertiary/aromatic N) is 2. The van der Waals surface area contributed by atoms with Crippen molar-refractivity contribution in [3.8, 4) is 0 Å². The molecule has 1 unspecified atom stereocenters. The number of nitrogens with one attached hydrogen (secondary N) is 1. The highest BCUT2D eigenvalue weighted by atomic mass is 32.2. The van der Waals surface area contributed by atoms with Gasteiger partial charge in [0.25, 0.3) is 0 Å². The van der Waals surface area contributed by atoms with Gasteiger partial charge in [-0.05, 0) is 19.1 Å². The molecular weight excluding hydrogens is 254 g/mol. The molecule has 0 fully saturated rings. The Balaban J connectivity index is 2.29. The Labute approximate surface area is 110 Å². The molecule has 2 N–H and O–H groups in total. The minimum absolute atomic E-state index is 0.408. The molecule has 1 aromatic rings. The number of aromatic nitrogens is 2. The first-order valence-electron chi connectivity index (χ1n) is 5.69. The largest absolute Gasteiger partial charge is 0.480 e. The Morgan fingerprint density at radius 1 is 1.72 bits per heavy atom. The summed E-state index contributed by atoms with van der Waals surface area (Å²) >= 11 is 1.61. The standard InChI is InChI=1S/C11H17N3O3S/c1-2-14-5-4-12-10(14)7-18-6-3-9(11(16)17)13-8-15/h4-5,8-9H,2-3,6-7H2,1H3,(H,13,15)(H,16,17). The van der Waals surface area contributed by atoms with Crippen LogP contribution in [0, 0.1) is 0 Å². The van der Waals surface area contributed by atoms with Gasteiger partial charge in [-0.25, -0.2) is 9.78 Å². The first-order chi connectivity index (χ1) is 8.69. The molecule has 0 saturated heterocycles. The van der Waals surface area contributed by atoms with E-state index in [2.05, 4.69) is 10.3 Å². The monoisotopic (exact) mass is 271 g/mol. The van der Waals surface area contributed by atoms with E-state index in [0.29, 0.717) is 18.6 Å². The summed E-state index contributed by atoms with van der Waals surface area (Å²) in [5.74, 6) is 1.39. The average molecular weight is 271 g/mol. The molecule has 1 atom stereocenters. The van der Waals surface area contributed by atoms with Crippen LogP contribution in [-0.4, -0.2) is 38.8 Å². The number of carbonyl (C=O) groups excluding carboxylic acids is 1. The third-order valence-corrected chi connectivity index (χ3v) is 3.48. The van der Waals surface area contributed by atoms with Gasteiger partial charge in [0.2, 0.25) is 6.41 Å². The lowest BCUT2D eigenvalue weighted by atomic mass is 10.2. The van der Waals surface area contributed by atoms with E-state index in [-0.39, 0.29) is 0 Å². The summed E-state index contributed by atoms with van der Waals surface area (Å²) in [5, 5.41) is 11.1. The van der Waals surface area contributed by atoms with Crippen LogP contribution < -0.4 is 5.32 Å². The van der Waals surface area contributed by atoms with Gasteiger partial charge in [0.15, 0.2) is 0 Å². The van der Waals surface area contributed by atoms with Crippen molar-refractivity contribution in [1.29, 1.82) is 0 Å². The Morgan fingerprint density at radius 2 is 2.50 bits per heavy atom. The SMILES string of the molecule is CCn1ccnc1CSCCC(NC=O)C(=O)O. The number of amides is 1. The maximum atomic E-state index is 10.8. The molecule has 1 aromatic heterocycles. The third kappa shape index (κ3) is 4.40. The molecule has 0 aliphatic rings. The van der Waals surface area contributed by atoms with Crippen molar-refractivity contribution in [2.24, 2.45) is 0 Å². The molecule has 0 radical (unpaired) electrons. The maximum absolute atomic E-state index is 10.8. The molecule has 1 amide bonds. The van der Waals surface area contributed by atoms with Crippen LogP contribution in [0.2, 0.25) is 0 Å². The van der Waals surface area contributed by atoms with Crippen molar-refractivity contribution >= 4 is 24.1 Å². The molecule has 6 nitrogen and oxygen atoms in total. The Bertz CT molecular complexity index is 395. The predicted molar refractivity (Wildman–Crippen MR) is 69.3 cm³/mol. The number of carboxylic acids is 1. The van der Waals surface area contributed by atoms with Gasteiger partial charge in [-0.15, -0.1) is 0 Å². The van der Waals surface area contributed by atoms with Gasteiger partial charge in [0.1, 0.15) is 11.9 Å². The fourth-order valence-corrected chi connectivity index (χ4v) is 2.46. The second-order valence-corrected chi connectivity index (χ2v) is 4.75. The number of aryl methyl sites for hydroxylation is 1. The van der Waals surface area contributed by atoms with Crippen molar-refractivity contribution in [3.63, 3.8) is 0 Å². The highest BCUT2D eigenvalue weighted by Gasteiger charge is 2.15. The van der Waals surface area contributed by atoms with E-state index < -0.39 is 12.0 Å². The molecule has 100 valence electrons. The van der Waals surface area contributed by atoms with Crippen molar-refractivity contribution < 1.29 is 14.7 Å². The van der Waals surface area contributed by atoms with Crippen LogP contribution in [-0.2, 0) is 21.9 Å². The summed E-state index contributed by atoms with van der Waals surface area (Å²) in [6.07, 6.45) is 4.51. The van der Waals surface area contributed by atoms with Gasteiger partial charge in [-0.2, -0.15) is 11.8 Å². The Morgan fingerprint density at radius 3 is 3.11 bits per heavy atom. The summed E-state index contributed by atoms with van der Waals surface area (Å²) in [4.78, 5) is 25.2. The van der Waals surface area contributed by atoms with Gasteiger partial charge >= 0.3 is 5.97 Å². The highest BCUT2D eigenvalue weighted by Crippen LogP contribution is 2.12. The van der Waals surface area contributed by atoms with Crippen LogP contribution in [0.3, 0.4) is 0 Å². The van der Waals surface area contributed by atoms with Crippen molar-refractivity contribution in [2.75, 3.05) is 5.75 Å². The Hall–Kier alpha value is -1.50. The van der Waals surface area contributed by atoms with Crippen molar-refractivity contribution in [1.82, 2.24) is 14.9 Å². The number of rotatable bonds is 9. The van der Waals surface area contributed by atoms with Crippen LogP contribution in [0.25, 0.3) is 0 Å². The minimum Gasteiger partial charge on any atom is -0.480 e. The van der Waals surface area contributed by atoms with E-state index in [1.54, 1.807) is 18.0 Å². The zero-order valence-corrected chi connectivity index (χ0v) is 11.0. The summed E-state index contributed by atoms with van der Waals surface area (Å²) in [6.45, 7) is 2.92. The average Bonchev–Trinajstić information content (AvgIpc) is 2.80. The van der Waals surface area contributed by atoms with Crippen molar-refractivity contribution in [2.45, 2.75) is 31.7 Å². The molecule has 0 saturated carbocycles. The smallest absolute Gasteiger partial charge is 0.326 e. The van der Waals surface area contributed by atoms with Crippen LogP contribution in [0.4, 0.5) is 0 Å². The number of carboxylic acid groups (broad SMARTS) is 1. The molecule has 1 rings (SSSR count). The van der Waals surface area contributed by atoms with Crippen molar-refractivity contribution in [3.05, 3.63) is 18.2 Å². The molecule has 1 heterocycles. The molecule has 18 heavy (non-hydrogen) atoms. The third-order valence-electron chi connectivity index (χ3n) is 2.49. The second-order valence-electron chi connectivity index (χ2n) is 3.65. The molecular formula is C11H17N3O3S. The summed E-state index contributed by atoms with van der Waals surface area (Å²) in [7, 11) is 0. The lowest BCUT2D eigenvalue weighted by molar-refractivity contribution is -0.140. The molecule has 0 aliphatic heterocycles.